The summed E-state index contributed by atoms with van der Waals surface area (Å²) in [4.78, 5) is 0. The van der Waals surface area contributed by atoms with Crippen LogP contribution in [0, 0.1) is 39.9 Å². The molecule has 1 aromatic rings. The Kier molecular flexibility index (Phi) is 3.82. The van der Waals surface area contributed by atoms with Crippen LogP contribution in [0.4, 0.5) is 0 Å². The van der Waals surface area contributed by atoms with E-state index in [1.54, 1.807) is 13.2 Å². The predicted octanol–water partition coefficient (Wildman–Crippen LogP) is 5.29. The van der Waals surface area contributed by atoms with Crippen molar-refractivity contribution in [1.29, 1.82) is 0 Å². The van der Waals surface area contributed by atoms with Gasteiger partial charge in [0.2, 0.25) is 0 Å². The molecule has 4 bridgehead atoms. The lowest BCUT2D eigenvalue weighted by Gasteiger charge is -2.61. The van der Waals surface area contributed by atoms with E-state index < -0.39 is 11.7 Å². The van der Waals surface area contributed by atoms with Gasteiger partial charge in [-0.3, -0.25) is 0 Å². The minimum Gasteiger partial charge on any atom is -0.512 e. The third-order valence-corrected chi connectivity index (χ3v) is 11.4. The highest BCUT2D eigenvalue weighted by atomic mass is 16.5. The number of hydrogen-bond acceptors (Lipinski definition) is 3. The molecule has 30 heavy (non-hydrogen) atoms. The zero-order chi connectivity index (χ0) is 20.9. The summed E-state index contributed by atoms with van der Waals surface area (Å²) in [7, 11) is 1.68. The highest BCUT2D eigenvalue weighted by molar-refractivity contribution is 5.41. The van der Waals surface area contributed by atoms with Crippen molar-refractivity contribution in [3.05, 3.63) is 47.7 Å². The second-order valence-electron chi connectivity index (χ2n) is 11.6. The molecular formula is C27H36O3. The van der Waals surface area contributed by atoms with Gasteiger partial charge in [-0.1, -0.05) is 44.2 Å². The van der Waals surface area contributed by atoms with Crippen LogP contribution in [-0.2, 0) is 11.2 Å². The highest BCUT2D eigenvalue weighted by Crippen LogP contribution is 2.86. The summed E-state index contributed by atoms with van der Waals surface area (Å²) in [5, 5.41) is 23.2. The summed E-state index contributed by atoms with van der Waals surface area (Å²) in [5.41, 5.74) is 0.592. The van der Waals surface area contributed by atoms with E-state index in [0.717, 1.165) is 12.3 Å². The first-order valence-corrected chi connectivity index (χ1v) is 12.0. The summed E-state index contributed by atoms with van der Waals surface area (Å²) in [5.74, 6) is 1.84. The van der Waals surface area contributed by atoms with E-state index in [2.05, 4.69) is 44.2 Å². The van der Waals surface area contributed by atoms with Gasteiger partial charge in [0, 0.05) is 12.5 Å². The average molecular weight is 409 g/mol. The van der Waals surface area contributed by atoms with Crippen LogP contribution in [-0.4, -0.2) is 29.0 Å². The molecule has 3 heteroatoms. The fourth-order valence-electron chi connectivity index (χ4n) is 10.1. The number of ether oxygens (including phenoxy) is 1. The van der Waals surface area contributed by atoms with Gasteiger partial charge in [0.15, 0.2) is 0 Å². The molecule has 0 aromatic heterocycles. The highest BCUT2D eigenvalue weighted by Gasteiger charge is 2.86. The molecule has 1 spiro atoms. The average Bonchev–Trinajstić information content (AvgIpc) is 3.35. The van der Waals surface area contributed by atoms with Crippen LogP contribution in [0.5, 0.6) is 0 Å². The molecule has 5 aliphatic rings. The first-order chi connectivity index (χ1) is 14.3. The molecule has 0 saturated heterocycles. The van der Waals surface area contributed by atoms with Crippen LogP contribution in [0.2, 0.25) is 0 Å². The Balaban J connectivity index is 1.40. The van der Waals surface area contributed by atoms with Crippen LogP contribution in [0.3, 0.4) is 0 Å². The molecule has 3 nitrogen and oxygen atoms in total. The second kappa shape index (κ2) is 5.92. The van der Waals surface area contributed by atoms with Crippen molar-refractivity contribution in [2.75, 3.05) is 7.11 Å². The molecule has 5 aliphatic carbocycles. The Morgan fingerprint density at radius 2 is 1.80 bits per heavy atom. The molecule has 1 aromatic carbocycles. The lowest BCUT2D eigenvalue weighted by Crippen LogP contribution is -2.64. The number of benzene rings is 1. The van der Waals surface area contributed by atoms with Gasteiger partial charge in [0.05, 0.1) is 11.7 Å². The van der Waals surface area contributed by atoms with Gasteiger partial charge in [-0.2, -0.15) is 0 Å². The van der Waals surface area contributed by atoms with E-state index in [9.17, 15) is 10.2 Å². The molecule has 162 valence electrons. The molecule has 4 fully saturated rings. The smallest absolute Gasteiger partial charge is 0.111 e. The third-order valence-electron chi connectivity index (χ3n) is 11.4. The number of methoxy groups -OCH3 is 1. The SMILES string of the molecule is CO[C@@H]1C=C(O)[C@H]2[C@@H]3C[C@H]4CC[C@]5(CC[C@@H](Cc6ccccc6)C5)[C@]3(C)[C@@]4(C)[C@@]12O. The molecule has 0 heterocycles. The van der Waals surface area contributed by atoms with Crippen molar-refractivity contribution >= 4 is 0 Å². The number of aliphatic hydroxyl groups excluding tert-OH is 1. The number of fused-ring (bicyclic) bond motifs is 2. The molecule has 0 aliphatic heterocycles. The van der Waals surface area contributed by atoms with Gasteiger partial charge in [0.1, 0.15) is 11.7 Å². The molecule has 0 amide bonds. The summed E-state index contributed by atoms with van der Waals surface area (Å²) in [6, 6.07) is 10.9. The first kappa shape index (κ1) is 19.4. The molecular weight excluding hydrogens is 372 g/mol. The van der Waals surface area contributed by atoms with E-state index in [1.165, 1.54) is 44.1 Å². The minimum absolute atomic E-state index is 0.0484. The quantitative estimate of drug-likeness (QED) is 0.714. The summed E-state index contributed by atoms with van der Waals surface area (Å²) >= 11 is 0. The Labute approximate surface area is 180 Å². The van der Waals surface area contributed by atoms with Gasteiger partial charge in [-0.05, 0) is 85.2 Å². The fourth-order valence-corrected chi connectivity index (χ4v) is 10.1. The van der Waals surface area contributed by atoms with Gasteiger partial charge in [-0.15, -0.1) is 0 Å². The van der Waals surface area contributed by atoms with Gasteiger partial charge in [0.25, 0.3) is 0 Å². The van der Waals surface area contributed by atoms with E-state index in [1.807, 2.05) is 0 Å². The van der Waals surface area contributed by atoms with Crippen molar-refractivity contribution in [3.8, 4) is 0 Å². The monoisotopic (exact) mass is 408 g/mol. The van der Waals surface area contributed by atoms with E-state index in [-0.39, 0.29) is 22.2 Å². The minimum atomic E-state index is -0.973. The molecule has 0 radical (unpaired) electrons. The first-order valence-electron chi connectivity index (χ1n) is 12.0. The largest absolute Gasteiger partial charge is 0.512 e. The zero-order valence-corrected chi connectivity index (χ0v) is 18.6. The van der Waals surface area contributed by atoms with E-state index in [0.29, 0.717) is 17.6 Å². The van der Waals surface area contributed by atoms with Crippen LogP contribution < -0.4 is 0 Å². The van der Waals surface area contributed by atoms with Crippen LogP contribution in [0.15, 0.2) is 42.2 Å². The number of rotatable bonds is 3. The molecule has 0 unspecified atom stereocenters. The Bertz CT molecular complexity index is 895. The Morgan fingerprint density at radius 1 is 1.07 bits per heavy atom. The summed E-state index contributed by atoms with van der Waals surface area (Å²) in [6.07, 6.45) is 10.1. The van der Waals surface area contributed by atoms with Crippen LogP contribution >= 0.6 is 0 Å². The van der Waals surface area contributed by atoms with Crippen LogP contribution in [0.1, 0.15) is 57.9 Å². The van der Waals surface area contributed by atoms with Crippen molar-refractivity contribution in [1.82, 2.24) is 0 Å². The molecule has 6 rings (SSSR count). The predicted molar refractivity (Wildman–Crippen MR) is 117 cm³/mol. The van der Waals surface area contributed by atoms with Gasteiger partial charge >= 0.3 is 0 Å². The van der Waals surface area contributed by atoms with Gasteiger partial charge < -0.3 is 14.9 Å². The molecule has 4 saturated carbocycles. The van der Waals surface area contributed by atoms with Crippen molar-refractivity contribution in [3.63, 3.8) is 0 Å². The van der Waals surface area contributed by atoms with Gasteiger partial charge in [-0.25, -0.2) is 0 Å². The third kappa shape index (κ3) is 1.88. The maximum atomic E-state index is 12.3. The maximum Gasteiger partial charge on any atom is 0.111 e. The Hall–Kier alpha value is -1.32. The maximum absolute atomic E-state index is 12.3. The standard InChI is InChI=1S/C27H36O3/c1-24-19-10-12-26(11-9-18(16-26)13-17-7-5-4-6-8-17)25(24,2)20(14-19)23-21(28)15-22(30-3)27(23,24)29/h4-8,15,18-20,22-23,28-29H,9-14,16H2,1-3H3/t18-,19+,20-,22+,23+,24-,25-,26-,27+/m0/s1. The second-order valence-corrected chi connectivity index (χ2v) is 11.6. The zero-order valence-electron chi connectivity index (χ0n) is 18.6. The normalized spacial score (nSPS) is 53.3. The summed E-state index contributed by atoms with van der Waals surface area (Å²) < 4.78 is 5.79. The van der Waals surface area contributed by atoms with Crippen LogP contribution in [0.25, 0.3) is 0 Å². The van der Waals surface area contributed by atoms with Crippen molar-refractivity contribution in [2.45, 2.75) is 70.5 Å². The van der Waals surface area contributed by atoms with Crippen molar-refractivity contribution < 1.29 is 14.9 Å². The molecule has 2 N–H and O–H groups in total. The van der Waals surface area contributed by atoms with E-state index >= 15 is 0 Å². The number of hydrogen-bond donors (Lipinski definition) is 2. The summed E-state index contributed by atoms with van der Waals surface area (Å²) in [6.45, 7) is 4.86. The number of aliphatic hydroxyl groups is 2. The lowest BCUT2D eigenvalue weighted by molar-refractivity contribution is -0.218. The Morgan fingerprint density at radius 3 is 2.53 bits per heavy atom. The lowest BCUT2D eigenvalue weighted by atomic mass is 9.44. The topological polar surface area (TPSA) is 49.7 Å². The van der Waals surface area contributed by atoms with Crippen molar-refractivity contribution in [2.24, 2.45) is 39.9 Å². The fraction of sp³-hybridized carbons (Fsp3) is 0.704. The molecule has 9 atom stereocenters. The van der Waals surface area contributed by atoms with E-state index in [4.69, 9.17) is 4.74 Å².